The lowest BCUT2D eigenvalue weighted by Gasteiger charge is -2.36. The molecule has 0 radical (unpaired) electrons. The number of nitrogens with one attached hydrogen (secondary N) is 1. The molecular weight excluding hydrogens is 246 g/mol. The lowest BCUT2D eigenvalue weighted by Crippen LogP contribution is -2.55. The van der Waals surface area contributed by atoms with Gasteiger partial charge in [-0.05, 0) is 25.0 Å². The lowest BCUT2D eigenvalue weighted by atomic mass is 9.91. The Labute approximate surface area is 112 Å². The minimum absolute atomic E-state index is 0.0490. The molecule has 2 N–H and O–H groups in total. The van der Waals surface area contributed by atoms with Gasteiger partial charge < -0.3 is 19.9 Å². The van der Waals surface area contributed by atoms with Gasteiger partial charge in [0.05, 0.1) is 12.1 Å². The molecule has 0 atom stereocenters. The van der Waals surface area contributed by atoms with Crippen LogP contribution in [0.3, 0.4) is 0 Å². The predicted octanol–water partition coefficient (Wildman–Crippen LogP) is 0.723. The molecule has 1 heterocycles. The Bertz CT molecular complexity index is 401. The quantitative estimate of drug-likeness (QED) is 0.823. The zero-order chi connectivity index (χ0) is 13.6. The van der Waals surface area contributed by atoms with Crippen molar-refractivity contribution >= 4 is 5.91 Å². The third-order valence-corrected chi connectivity index (χ3v) is 3.27. The molecule has 1 fully saturated rings. The van der Waals surface area contributed by atoms with Gasteiger partial charge in [0.2, 0.25) is 0 Å². The van der Waals surface area contributed by atoms with Crippen LogP contribution in [0.1, 0.15) is 12.8 Å². The van der Waals surface area contributed by atoms with Crippen molar-refractivity contribution in [3.8, 4) is 5.75 Å². The highest BCUT2D eigenvalue weighted by atomic mass is 16.5. The number of carbonyl (C=O) groups excluding carboxylic acids is 1. The molecule has 104 valence electrons. The number of aliphatic hydroxyl groups is 1. The van der Waals surface area contributed by atoms with Crippen LogP contribution in [-0.2, 0) is 9.53 Å². The number of carbonyl (C=O) groups is 1. The summed E-state index contributed by atoms with van der Waals surface area (Å²) in [6, 6.07) is 9.17. The second kappa shape index (κ2) is 6.54. The van der Waals surface area contributed by atoms with E-state index in [4.69, 9.17) is 9.47 Å². The first kappa shape index (κ1) is 13.8. The third-order valence-electron chi connectivity index (χ3n) is 3.27. The van der Waals surface area contributed by atoms with Crippen LogP contribution in [0.5, 0.6) is 5.75 Å². The molecule has 1 aromatic carbocycles. The molecule has 0 bridgehead atoms. The second-order valence-corrected chi connectivity index (χ2v) is 4.70. The van der Waals surface area contributed by atoms with E-state index in [1.165, 1.54) is 0 Å². The van der Waals surface area contributed by atoms with Crippen molar-refractivity contribution in [1.82, 2.24) is 5.32 Å². The summed E-state index contributed by atoms with van der Waals surface area (Å²) >= 11 is 0. The summed E-state index contributed by atoms with van der Waals surface area (Å²) in [6.07, 6.45) is 1.25. The number of benzene rings is 1. The maximum Gasteiger partial charge on any atom is 0.258 e. The Hall–Kier alpha value is -1.59. The molecule has 1 saturated heterocycles. The Morgan fingerprint density at radius 2 is 2.00 bits per heavy atom. The van der Waals surface area contributed by atoms with E-state index in [1.54, 1.807) is 12.1 Å². The molecule has 0 saturated carbocycles. The van der Waals surface area contributed by atoms with Crippen molar-refractivity contribution < 1.29 is 19.4 Å². The van der Waals surface area contributed by atoms with Crippen LogP contribution in [0.25, 0.3) is 0 Å². The van der Waals surface area contributed by atoms with Crippen molar-refractivity contribution in [2.45, 2.75) is 18.4 Å². The molecular formula is C14H19NO4. The average molecular weight is 265 g/mol. The molecule has 5 heteroatoms. The molecule has 0 aromatic heterocycles. The van der Waals surface area contributed by atoms with Crippen molar-refractivity contribution in [3.05, 3.63) is 30.3 Å². The van der Waals surface area contributed by atoms with E-state index in [1.807, 2.05) is 18.2 Å². The highest BCUT2D eigenvalue weighted by molar-refractivity contribution is 5.78. The molecule has 0 unspecified atom stereocenters. The third kappa shape index (κ3) is 3.94. The van der Waals surface area contributed by atoms with Crippen molar-refractivity contribution in [1.29, 1.82) is 0 Å². The van der Waals surface area contributed by atoms with Gasteiger partial charge in [0.25, 0.3) is 5.91 Å². The van der Waals surface area contributed by atoms with Gasteiger partial charge in [-0.1, -0.05) is 18.2 Å². The van der Waals surface area contributed by atoms with Crippen molar-refractivity contribution in [2.24, 2.45) is 0 Å². The largest absolute Gasteiger partial charge is 0.484 e. The van der Waals surface area contributed by atoms with E-state index in [0.717, 1.165) is 0 Å². The first-order valence-corrected chi connectivity index (χ1v) is 6.42. The Morgan fingerprint density at radius 1 is 1.32 bits per heavy atom. The molecule has 1 amide bonds. The normalized spacial score (nSPS) is 17.7. The number of aliphatic hydroxyl groups excluding tert-OH is 1. The standard InChI is InChI=1S/C14H19NO4/c16-11-14(6-8-18-9-7-14)15-13(17)10-19-12-4-2-1-3-5-12/h1-5,16H,6-11H2,(H,15,17). The zero-order valence-electron chi connectivity index (χ0n) is 10.8. The number of ether oxygens (including phenoxy) is 2. The number of hydrogen-bond donors (Lipinski definition) is 2. The SMILES string of the molecule is O=C(COc1ccccc1)NC1(CO)CCOCC1. The number of rotatable bonds is 5. The van der Waals surface area contributed by atoms with Crippen LogP contribution >= 0.6 is 0 Å². The topological polar surface area (TPSA) is 67.8 Å². The summed E-state index contributed by atoms with van der Waals surface area (Å²) in [5.74, 6) is 0.433. The minimum atomic E-state index is -0.560. The summed E-state index contributed by atoms with van der Waals surface area (Å²) in [5, 5.41) is 12.3. The zero-order valence-corrected chi connectivity index (χ0v) is 10.8. The fourth-order valence-corrected chi connectivity index (χ4v) is 2.08. The van der Waals surface area contributed by atoms with Crippen molar-refractivity contribution in [2.75, 3.05) is 26.4 Å². The van der Waals surface area contributed by atoms with E-state index in [-0.39, 0.29) is 19.1 Å². The van der Waals surface area contributed by atoms with Crippen LogP contribution in [0.15, 0.2) is 30.3 Å². The highest BCUT2D eigenvalue weighted by Gasteiger charge is 2.33. The maximum absolute atomic E-state index is 11.9. The smallest absolute Gasteiger partial charge is 0.258 e. The molecule has 0 aliphatic carbocycles. The minimum Gasteiger partial charge on any atom is -0.484 e. The van der Waals surface area contributed by atoms with Crippen LogP contribution < -0.4 is 10.1 Å². The number of hydrogen-bond acceptors (Lipinski definition) is 4. The van der Waals surface area contributed by atoms with E-state index in [0.29, 0.717) is 31.8 Å². The molecule has 2 rings (SSSR count). The molecule has 5 nitrogen and oxygen atoms in total. The van der Waals surface area contributed by atoms with Gasteiger partial charge in [-0.2, -0.15) is 0 Å². The molecule has 1 aliphatic heterocycles. The van der Waals surface area contributed by atoms with Crippen molar-refractivity contribution in [3.63, 3.8) is 0 Å². The first-order valence-electron chi connectivity index (χ1n) is 6.42. The lowest BCUT2D eigenvalue weighted by molar-refractivity contribution is -0.127. The summed E-state index contributed by atoms with van der Waals surface area (Å²) in [5.41, 5.74) is -0.560. The van der Waals surface area contributed by atoms with Crippen LogP contribution in [0.2, 0.25) is 0 Å². The van der Waals surface area contributed by atoms with Gasteiger partial charge in [0.15, 0.2) is 6.61 Å². The van der Waals surface area contributed by atoms with E-state index in [9.17, 15) is 9.90 Å². The molecule has 19 heavy (non-hydrogen) atoms. The highest BCUT2D eigenvalue weighted by Crippen LogP contribution is 2.20. The summed E-state index contributed by atoms with van der Waals surface area (Å²) in [6.45, 7) is 0.987. The van der Waals surface area contributed by atoms with Gasteiger partial charge in [0, 0.05) is 13.2 Å². The van der Waals surface area contributed by atoms with Crippen LogP contribution in [-0.4, -0.2) is 43.0 Å². The number of amides is 1. The Kier molecular flexibility index (Phi) is 4.76. The van der Waals surface area contributed by atoms with E-state index in [2.05, 4.69) is 5.32 Å². The Balaban J connectivity index is 1.83. The summed E-state index contributed by atoms with van der Waals surface area (Å²) in [4.78, 5) is 11.9. The first-order chi connectivity index (χ1) is 9.24. The fourth-order valence-electron chi connectivity index (χ4n) is 2.08. The fraction of sp³-hybridized carbons (Fsp3) is 0.500. The van der Waals surface area contributed by atoms with Gasteiger partial charge in [-0.3, -0.25) is 4.79 Å². The average Bonchev–Trinajstić information content (AvgIpc) is 2.47. The van der Waals surface area contributed by atoms with Gasteiger partial charge in [-0.25, -0.2) is 0 Å². The Morgan fingerprint density at radius 3 is 2.63 bits per heavy atom. The van der Waals surface area contributed by atoms with E-state index < -0.39 is 5.54 Å². The van der Waals surface area contributed by atoms with Gasteiger partial charge >= 0.3 is 0 Å². The van der Waals surface area contributed by atoms with E-state index >= 15 is 0 Å². The summed E-state index contributed by atoms with van der Waals surface area (Å²) < 4.78 is 10.6. The van der Waals surface area contributed by atoms with Crippen LogP contribution in [0, 0.1) is 0 Å². The second-order valence-electron chi connectivity index (χ2n) is 4.70. The molecule has 1 aromatic rings. The molecule has 0 spiro atoms. The van der Waals surface area contributed by atoms with Gasteiger partial charge in [-0.15, -0.1) is 0 Å². The van der Waals surface area contributed by atoms with Gasteiger partial charge in [0.1, 0.15) is 5.75 Å². The monoisotopic (exact) mass is 265 g/mol. The molecule has 1 aliphatic rings. The number of para-hydroxylation sites is 1. The summed E-state index contributed by atoms with van der Waals surface area (Å²) in [7, 11) is 0. The maximum atomic E-state index is 11.9. The predicted molar refractivity (Wildman–Crippen MR) is 69.9 cm³/mol. The van der Waals surface area contributed by atoms with Crippen LogP contribution in [0.4, 0.5) is 0 Å².